The summed E-state index contributed by atoms with van der Waals surface area (Å²) < 4.78 is 0. The van der Waals surface area contributed by atoms with Crippen molar-refractivity contribution < 1.29 is 14.5 Å². The number of amides is 1. The Morgan fingerprint density at radius 2 is 1.80 bits per heavy atom. The number of aryl methyl sites for hydroxylation is 1. The first-order valence-corrected chi connectivity index (χ1v) is 12.7. The quantitative estimate of drug-likeness (QED) is 0.327. The van der Waals surface area contributed by atoms with Crippen LogP contribution < -0.4 is 5.32 Å². The van der Waals surface area contributed by atoms with Crippen molar-refractivity contribution in [3.63, 3.8) is 0 Å². The Balaban J connectivity index is 1.58. The molecule has 0 aromatic heterocycles. The number of nitrogens with one attached hydrogen (secondary N) is 1. The van der Waals surface area contributed by atoms with Gasteiger partial charge in [0.25, 0.3) is 5.69 Å². The van der Waals surface area contributed by atoms with Gasteiger partial charge in [-0.05, 0) is 18.6 Å². The van der Waals surface area contributed by atoms with E-state index in [1.807, 2.05) is 55.5 Å². The van der Waals surface area contributed by atoms with Crippen LogP contribution in [0.5, 0.6) is 0 Å². The van der Waals surface area contributed by atoms with E-state index in [4.69, 9.17) is 0 Å². The van der Waals surface area contributed by atoms with Gasteiger partial charge in [0.15, 0.2) is 5.78 Å². The monoisotopic (exact) mass is 485 g/mol. The molecule has 7 nitrogen and oxygen atoms in total. The first-order chi connectivity index (χ1) is 16.9. The molecule has 0 radical (unpaired) electrons. The topological polar surface area (TPSA) is 92.5 Å². The van der Waals surface area contributed by atoms with Crippen LogP contribution >= 0.6 is 11.8 Å². The molecule has 2 fully saturated rings. The summed E-state index contributed by atoms with van der Waals surface area (Å²) in [6.45, 7) is 1.97. The average molecular weight is 486 g/mol. The molecule has 176 valence electrons. The standard InChI is InChI=1S/C27H23N3O4S/c1-16-6-8-18(9-7-16)25(31)24-23(17-10-12-19(13-11-17)30(33)34)22-14-35-15-29(22)27(24)20-4-2-3-5-21(20)28-26(27)32/h2-13,22-24H,14-15H2,1H3,(H,28,32)/t22-,23-,24-,27-/m0/s1. The van der Waals surface area contributed by atoms with Gasteiger partial charge in [0.05, 0.1) is 10.8 Å². The van der Waals surface area contributed by atoms with E-state index in [0.29, 0.717) is 11.4 Å². The third-order valence-electron chi connectivity index (χ3n) is 7.64. The summed E-state index contributed by atoms with van der Waals surface area (Å²) >= 11 is 1.75. The van der Waals surface area contributed by atoms with Crippen LogP contribution in [0.3, 0.4) is 0 Å². The number of thioether (sulfide) groups is 1. The number of benzene rings is 3. The van der Waals surface area contributed by atoms with Gasteiger partial charge in [-0.1, -0.05) is 60.2 Å². The van der Waals surface area contributed by atoms with E-state index in [0.717, 1.165) is 28.1 Å². The number of non-ortho nitro benzene ring substituents is 1. The second kappa shape index (κ2) is 8.03. The normalized spacial score (nSPS) is 27.0. The van der Waals surface area contributed by atoms with Gasteiger partial charge in [0.1, 0.15) is 5.54 Å². The maximum Gasteiger partial charge on any atom is 0.269 e. The van der Waals surface area contributed by atoms with Crippen LogP contribution in [0.4, 0.5) is 11.4 Å². The molecule has 1 N–H and O–H groups in total. The van der Waals surface area contributed by atoms with Crippen LogP contribution in [0.1, 0.15) is 33.0 Å². The lowest BCUT2D eigenvalue weighted by atomic mass is 9.69. The van der Waals surface area contributed by atoms with Gasteiger partial charge >= 0.3 is 0 Å². The molecule has 2 saturated heterocycles. The van der Waals surface area contributed by atoms with E-state index in [2.05, 4.69) is 10.2 Å². The number of nitro benzene ring substituents is 1. The first-order valence-electron chi connectivity index (χ1n) is 11.5. The molecule has 3 aromatic rings. The Morgan fingerprint density at radius 1 is 1.09 bits per heavy atom. The lowest BCUT2D eigenvalue weighted by molar-refractivity contribution is -0.384. The number of carbonyl (C=O) groups is 2. The van der Waals surface area contributed by atoms with Crippen LogP contribution in [-0.2, 0) is 10.3 Å². The molecular weight excluding hydrogens is 462 g/mol. The van der Waals surface area contributed by atoms with Crippen molar-refractivity contribution in [1.29, 1.82) is 0 Å². The Bertz CT molecular complexity index is 1360. The van der Waals surface area contributed by atoms with Crippen molar-refractivity contribution in [2.24, 2.45) is 5.92 Å². The van der Waals surface area contributed by atoms with Crippen LogP contribution in [0.25, 0.3) is 0 Å². The number of hydrogen-bond acceptors (Lipinski definition) is 6. The fourth-order valence-corrected chi connectivity index (χ4v) is 7.45. The molecule has 3 aliphatic rings. The zero-order valence-corrected chi connectivity index (χ0v) is 19.8. The largest absolute Gasteiger partial charge is 0.324 e. The SMILES string of the molecule is Cc1ccc(C(=O)[C@@H]2[C@@H](c3ccc([N+](=O)[O-])cc3)[C@@H]3CSCN3[C@]23C(=O)Nc2ccccc23)cc1. The minimum absolute atomic E-state index is 0.00415. The molecule has 8 heteroatoms. The summed E-state index contributed by atoms with van der Waals surface area (Å²) in [4.78, 5) is 41.3. The number of para-hydroxylation sites is 1. The highest BCUT2D eigenvalue weighted by Gasteiger charge is 2.69. The maximum atomic E-state index is 14.3. The van der Waals surface area contributed by atoms with E-state index < -0.39 is 16.4 Å². The number of fused-ring (bicyclic) bond motifs is 4. The molecular formula is C27H23N3O4S. The average Bonchev–Trinajstić information content (AvgIpc) is 3.52. The molecule has 3 aliphatic heterocycles. The molecule has 1 spiro atoms. The van der Waals surface area contributed by atoms with Gasteiger partial charge in [0, 0.05) is 52.5 Å². The Labute approximate surface area is 206 Å². The fraction of sp³-hybridized carbons (Fsp3) is 0.259. The molecule has 0 saturated carbocycles. The van der Waals surface area contributed by atoms with Gasteiger partial charge in [-0.25, -0.2) is 0 Å². The predicted octanol–water partition coefficient (Wildman–Crippen LogP) is 4.72. The van der Waals surface area contributed by atoms with E-state index >= 15 is 0 Å². The highest BCUT2D eigenvalue weighted by atomic mass is 32.2. The summed E-state index contributed by atoms with van der Waals surface area (Å²) in [6, 6.07) is 21.5. The molecule has 3 heterocycles. The molecule has 3 aromatic carbocycles. The molecule has 1 amide bonds. The highest BCUT2D eigenvalue weighted by molar-refractivity contribution is 7.99. The minimum Gasteiger partial charge on any atom is -0.324 e. The second-order valence-corrected chi connectivity index (χ2v) is 10.4. The Hall–Kier alpha value is -3.49. The number of nitro groups is 1. The summed E-state index contributed by atoms with van der Waals surface area (Å²) in [5.74, 6) is 0.169. The summed E-state index contributed by atoms with van der Waals surface area (Å²) in [7, 11) is 0. The molecule has 6 rings (SSSR count). The molecule has 4 atom stereocenters. The maximum absolute atomic E-state index is 14.3. The van der Waals surface area contributed by atoms with Crippen LogP contribution in [0.2, 0.25) is 0 Å². The van der Waals surface area contributed by atoms with Gasteiger partial charge in [0.2, 0.25) is 5.91 Å². The smallest absolute Gasteiger partial charge is 0.269 e. The second-order valence-electron chi connectivity index (χ2n) is 9.39. The number of rotatable bonds is 4. The van der Waals surface area contributed by atoms with Gasteiger partial charge in [-0.15, -0.1) is 11.8 Å². The number of hydrogen-bond donors (Lipinski definition) is 1. The third kappa shape index (κ3) is 3.10. The molecule has 0 aliphatic carbocycles. The number of carbonyl (C=O) groups excluding carboxylic acids is 2. The van der Waals surface area contributed by atoms with Crippen LogP contribution in [0, 0.1) is 23.0 Å². The van der Waals surface area contributed by atoms with Crippen molar-refractivity contribution >= 4 is 34.8 Å². The summed E-state index contributed by atoms with van der Waals surface area (Å²) in [5.41, 5.74) is 2.89. The van der Waals surface area contributed by atoms with Gasteiger partial charge < -0.3 is 5.32 Å². The Morgan fingerprint density at radius 3 is 2.51 bits per heavy atom. The van der Waals surface area contributed by atoms with Gasteiger partial charge in [-0.2, -0.15) is 0 Å². The number of anilines is 1. The van der Waals surface area contributed by atoms with Crippen molar-refractivity contribution in [3.05, 3.63) is 105 Å². The van der Waals surface area contributed by atoms with Crippen molar-refractivity contribution in [2.45, 2.75) is 24.4 Å². The molecule has 0 unspecified atom stereocenters. The molecule has 0 bridgehead atoms. The zero-order chi connectivity index (χ0) is 24.3. The lowest BCUT2D eigenvalue weighted by Crippen LogP contribution is -2.52. The number of Topliss-reactive ketones (excluding diaryl/α,β-unsaturated/α-hetero) is 1. The first kappa shape index (κ1) is 22.0. The van der Waals surface area contributed by atoms with Crippen molar-refractivity contribution in [2.75, 3.05) is 16.9 Å². The van der Waals surface area contributed by atoms with Crippen molar-refractivity contribution in [3.8, 4) is 0 Å². The fourth-order valence-electron chi connectivity index (χ4n) is 6.12. The summed E-state index contributed by atoms with van der Waals surface area (Å²) in [5, 5.41) is 14.3. The Kier molecular flexibility index (Phi) is 5.05. The van der Waals surface area contributed by atoms with Crippen LogP contribution in [-0.4, -0.2) is 39.2 Å². The van der Waals surface area contributed by atoms with E-state index in [-0.39, 0.29) is 29.3 Å². The third-order valence-corrected chi connectivity index (χ3v) is 8.67. The molecule has 35 heavy (non-hydrogen) atoms. The number of nitrogens with zero attached hydrogens (tertiary/aromatic N) is 2. The lowest BCUT2D eigenvalue weighted by Gasteiger charge is -2.36. The van der Waals surface area contributed by atoms with E-state index in [1.54, 1.807) is 23.9 Å². The highest BCUT2D eigenvalue weighted by Crippen LogP contribution is 2.61. The zero-order valence-electron chi connectivity index (χ0n) is 19.0. The predicted molar refractivity (Wildman–Crippen MR) is 135 cm³/mol. The van der Waals surface area contributed by atoms with Gasteiger partial charge in [-0.3, -0.25) is 24.6 Å². The number of ketones is 1. The van der Waals surface area contributed by atoms with Crippen LogP contribution in [0.15, 0.2) is 72.8 Å². The minimum atomic E-state index is -1.14. The van der Waals surface area contributed by atoms with E-state index in [9.17, 15) is 19.7 Å². The van der Waals surface area contributed by atoms with E-state index in [1.165, 1.54) is 12.1 Å². The van der Waals surface area contributed by atoms with Crippen molar-refractivity contribution in [1.82, 2.24) is 4.90 Å². The summed E-state index contributed by atoms with van der Waals surface area (Å²) in [6.07, 6.45) is 0.